The van der Waals surface area contributed by atoms with Gasteiger partial charge in [0.1, 0.15) is 0 Å². The van der Waals surface area contributed by atoms with Crippen molar-refractivity contribution in [3.05, 3.63) is 0 Å². The summed E-state index contributed by atoms with van der Waals surface area (Å²) >= 11 is 0. The van der Waals surface area contributed by atoms with Gasteiger partial charge in [-0.25, -0.2) is 0 Å². The van der Waals surface area contributed by atoms with Crippen molar-refractivity contribution >= 4 is 5.91 Å². The molecule has 21 heavy (non-hydrogen) atoms. The van der Waals surface area contributed by atoms with Crippen LogP contribution in [0.4, 0.5) is 0 Å². The van der Waals surface area contributed by atoms with E-state index in [0.717, 1.165) is 13.1 Å². The summed E-state index contributed by atoms with van der Waals surface area (Å²) in [6.07, 6.45) is 0.510. The van der Waals surface area contributed by atoms with Gasteiger partial charge >= 0.3 is 0 Å². The maximum atomic E-state index is 13.0. The summed E-state index contributed by atoms with van der Waals surface area (Å²) in [7, 11) is 0. The van der Waals surface area contributed by atoms with Crippen LogP contribution in [0.1, 0.15) is 34.6 Å². The van der Waals surface area contributed by atoms with Crippen molar-refractivity contribution in [3.63, 3.8) is 0 Å². The van der Waals surface area contributed by atoms with E-state index < -0.39 is 0 Å². The fraction of sp³-hybridized carbons (Fsp3) is 0.938. The Labute approximate surface area is 128 Å². The molecule has 2 aliphatic heterocycles. The Morgan fingerprint density at radius 2 is 1.67 bits per heavy atom. The van der Waals surface area contributed by atoms with Crippen molar-refractivity contribution in [1.82, 2.24) is 9.80 Å². The van der Waals surface area contributed by atoms with E-state index in [9.17, 15) is 4.79 Å². The van der Waals surface area contributed by atoms with Crippen molar-refractivity contribution in [2.45, 2.75) is 59.0 Å². The standard InChI is InChI=1S/C16H30N2O3/c1-11(2)15(18-9-13(4)21-14(5)10-18)16(19)17-6-7-20-12(3)8-17/h11-15H,6-10H2,1-5H3. The van der Waals surface area contributed by atoms with Gasteiger partial charge in [-0.15, -0.1) is 0 Å². The Hall–Kier alpha value is -0.650. The second kappa shape index (κ2) is 7.07. The third-order valence-electron chi connectivity index (χ3n) is 4.28. The monoisotopic (exact) mass is 298 g/mol. The van der Waals surface area contributed by atoms with Crippen molar-refractivity contribution in [1.29, 1.82) is 0 Å². The highest BCUT2D eigenvalue weighted by molar-refractivity contribution is 5.82. The Balaban J connectivity index is 2.08. The molecule has 4 atom stereocenters. The van der Waals surface area contributed by atoms with Crippen LogP contribution in [-0.2, 0) is 14.3 Å². The van der Waals surface area contributed by atoms with Crippen LogP contribution in [0.2, 0.25) is 0 Å². The van der Waals surface area contributed by atoms with Gasteiger partial charge in [0.25, 0.3) is 0 Å². The molecule has 5 heteroatoms. The molecule has 0 radical (unpaired) electrons. The Bertz CT molecular complexity index is 351. The minimum absolute atomic E-state index is 0.0518. The molecule has 0 N–H and O–H groups in total. The molecule has 122 valence electrons. The fourth-order valence-corrected chi connectivity index (χ4v) is 3.51. The highest BCUT2D eigenvalue weighted by Gasteiger charge is 2.37. The van der Waals surface area contributed by atoms with Gasteiger partial charge < -0.3 is 14.4 Å². The number of ether oxygens (including phenoxy) is 2. The van der Waals surface area contributed by atoms with Crippen LogP contribution in [0.3, 0.4) is 0 Å². The lowest BCUT2D eigenvalue weighted by Crippen LogP contribution is -2.59. The molecule has 0 spiro atoms. The number of hydrogen-bond donors (Lipinski definition) is 0. The first-order valence-electron chi connectivity index (χ1n) is 8.18. The zero-order valence-electron chi connectivity index (χ0n) is 14.0. The van der Waals surface area contributed by atoms with Crippen LogP contribution in [0.15, 0.2) is 0 Å². The maximum absolute atomic E-state index is 13.0. The molecule has 2 aliphatic rings. The minimum Gasteiger partial charge on any atom is -0.375 e. The summed E-state index contributed by atoms with van der Waals surface area (Å²) in [6.45, 7) is 14.2. The average molecular weight is 298 g/mol. The van der Waals surface area contributed by atoms with E-state index in [2.05, 4.69) is 32.6 Å². The zero-order chi connectivity index (χ0) is 15.6. The first kappa shape index (κ1) is 16.7. The first-order chi connectivity index (χ1) is 9.88. The number of carbonyl (C=O) groups is 1. The van der Waals surface area contributed by atoms with Gasteiger partial charge in [-0.2, -0.15) is 0 Å². The smallest absolute Gasteiger partial charge is 0.240 e. The van der Waals surface area contributed by atoms with Crippen LogP contribution in [-0.4, -0.2) is 72.8 Å². The summed E-state index contributed by atoms with van der Waals surface area (Å²) in [6, 6.07) is -0.0518. The van der Waals surface area contributed by atoms with Gasteiger partial charge in [0.2, 0.25) is 5.91 Å². The SMILES string of the molecule is CC1CN(C(=O)C(C(C)C)N2CC(C)OC(C)C2)CCO1. The third-order valence-corrected chi connectivity index (χ3v) is 4.28. The summed E-state index contributed by atoms with van der Waals surface area (Å²) in [5.74, 6) is 0.551. The Morgan fingerprint density at radius 3 is 2.19 bits per heavy atom. The van der Waals surface area contributed by atoms with E-state index in [4.69, 9.17) is 9.47 Å². The van der Waals surface area contributed by atoms with Crippen molar-refractivity contribution in [2.75, 3.05) is 32.8 Å². The zero-order valence-corrected chi connectivity index (χ0v) is 14.0. The highest BCUT2D eigenvalue weighted by atomic mass is 16.5. The normalized spacial score (nSPS) is 33.2. The molecule has 2 rings (SSSR count). The Kier molecular flexibility index (Phi) is 5.63. The van der Waals surface area contributed by atoms with Crippen LogP contribution in [0, 0.1) is 5.92 Å². The largest absolute Gasteiger partial charge is 0.375 e. The third kappa shape index (κ3) is 4.18. The number of carbonyl (C=O) groups excluding carboxylic acids is 1. The molecule has 0 aromatic heterocycles. The van der Waals surface area contributed by atoms with E-state index in [1.165, 1.54) is 0 Å². The lowest BCUT2D eigenvalue weighted by atomic mass is 9.98. The van der Waals surface area contributed by atoms with E-state index in [1.54, 1.807) is 0 Å². The summed E-state index contributed by atoms with van der Waals surface area (Å²) in [4.78, 5) is 17.3. The molecule has 0 aromatic rings. The quantitative estimate of drug-likeness (QED) is 0.789. The van der Waals surface area contributed by atoms with Crippen molar-refractivity contribution < 1.29 is 14.3 Å². The van der Waals surface area contributed by atoms with E-state index in [0.29, 0.717) is 25.6 Å². The van der Waals surface area contributed by atoms with Crippen LogP contribution < -0.4 is 0 Å². The van der Waals surface area contributed by atoms with Gasteiger partial charge in [0.15, 0.2) is 0 Å². The summed E-state index contributed by atoms with van der Waals surface area (Å²) < 4.78 is 11.4. The van der Waals surface area contributed by atoms with Gasteiger partial charge in [-0.05, 0) is 26.7 Å². The topological polar surface area (TPSA) is 42.0 Å². The number of amides is 1. The van der Waals surface area contributed by atoms with Crippen molar-refractivity contribution in [2.24, 2.45) is 5.92 Å². The molecule has 0 aromatic carbocycles. The first-order valence-corrected chi connectivity index (χ1v) is 8.18. The minimum atomic E-state index is -0.0518. The summed E-state index contributed by atoms with van der Waals surface area (Å²) in [5.41, 5.74) is 0. The van der Waals surface area contributed by atoms with E-state index in [1.807, 2.05) is 11.8 Å². The molecule has 5 nitrogen and oxygen atoms in total. The van der Waals surface area contributed by atoms with Gasteiger partial charge in [-0.1, -0.05) is 13.8 Å². The second-order valence-electron chi connectivity index (χ2n) is 6.87. The van der Waals surface area contributed by atoms with Gasteiger partial charge in [0.05, 0.1) is 31.0 Å². The highest BCUT2D eigenvalue weighted by Crippen LogP contribution is 2.21. The number of nitrogens with zero attached hydrogens (tertiary/aromatic N) is 2. The second-order valence-corrected chi connectivity index (χ2v) is 6.87. The number of hydrogen-bond acceptors (Lipinski definition) is 4. The molecule has 0 aliphatic carbocycles. The number of morpholine rings is 2. The molecule has 1 amide bonds. The molecule has 0 bridgehead atoms. The maximum Gasteiger partial charge on any atom is 0.240 e. The van der Waals surface area contributed by atoms with Crippen LogP contribution in [0.5, 0.6) is 0 Å². The molecule has 4 unspecified atom stereocenters. The lowest BCUT2D eigenvalue weighted by Gasteiger charge is -2.43. The van der Waals surface area contributed by atoms with E-state index in [-0.39, 0.29) is 30.3 Å². The molecular weight excluding hydrogens is 268 g/mol. The molecule has 2 heterocycles. The van der Waals surface area contributed by atoms with Crippen LogP contribution >= 0.6 is 0 Å². The predicted octanol–water partition coefficient (Wildman–Crippen LogP) is 1.37. The Morgan fingerprint density at radius 1 is 1.05 bits per heavy atom. The molecular formula is C16H30N2O3. The molecule has 2 fully saturated rings. The predicted molar refractivity (Wildman–Crippen MR) is 82.2 cm³/mol. The van der Waals surface area contributed by atoms with Crippen LogP contribution in [0.25, 0.3) is 0 Å². The number of rotatable bonds is 3. The van der Waals surface area contributed by atoms with E-state index >= 15 is 0 Å². The lowest BCUT2D eigenvalue weighted by molar-refractivity contribution is -0.151. The molecule has 0 saturated carbocycles. The van der Waals surface area contributed by atoms with Crippen molar-refractivity contribution in [3.8, 4) is 0 Å². The van der Waals surface area contributed by atoms with Gasteiger partial charge in [0, 0.05) is 26.2 Å². The molecule has 2 saturated heterocycles. The summed E-state index contributed by atoms with van der Waals surface area (Å²) in [5, 5.41) is 0. The fourth-order valence-electron chi connectivity index (χ4n) is 3.51. The average Bonchev–Trinajstić information content (AvgIpc) is 2.37. The van der Waals surface area contributed by atoms with Gasteiger partial charge in [-0.3, -0.25) is 9.69 Å².